The molecule has 1 aromatic heterocycles. The van der Waals surface area contributed by atoms with Crippen molar-refractivity contribution in [3.63, 3.8) is 0 Å². The van der Waals surface area contributed by atoms with Gasteiger partial charge < -0.3 is 10.2 Å². The third-order valence-electron chi connectivity index (χ3n) is 3.91. The molecule has 0 spiro atoms. The Kier molecular flexibility index (Phi) is 5.74. The van der Waals surface area contributed by atoms with Crippen LogP contribution < -0.4 is 10.2 Å². The highest BCUT2D eigenvalue weighted by molar-refractivity contribution is 5.92. The first-order valence-corrected chi connectivity index (χ1v) is 8.16. The number of hydrogen-bond acceptors (Lipinski definition) is 3. The van der Waals surface area contributed by atoms with Gasteiger partial charge in [-0.2, -0.15) is 0 Å². The summed E-state index contributed by atoms with van der Waals surface area (Å²) < 4.78 is 0. The average molecular weight is 311 g/mol. The van der Waals surface area contributed by atoms with E-state index in [1.807, 2.05) is 19.9 Å². The van der Waals surface area contributed by atoms with E-state index in [0.29, 0.717) is 5.69 Å². The van der Waals surface area contributed by atoms with E-state index in [4.69, 9.17) is 0 Å². The number of carbonyl (C=O) groups excluding carboxylic acids is 1. The monoisotopic (exact) mass is 311 g/mol. The van der Waals surface area contributed by atoms with Gasteiger partial charge in [0.15, 0.2) is 0 Å². The first-order chi connectivity index (χ1) is 11.0. The summed E-state index contributed by atoms with van der Waals surface area (Å²) in [6.45, 7) is 9.05. The molecule has 2 aromatic rings. The zero-order valence-corrected chi connectivity index (χ0v) is 14.3. The van der Waals surface area contributed by atoms with Crippen LogP contribution in [-0.2, 0) is 0 Å². The van der Waals surface area contributed by atoms with E-state index in [2.05, 4.69) is 53.3 Å². The Labute approximate surface area is 138 Å². The summed E-state index contributed by atoms with van der Waals surface area (Å²) in [5.74, 6) is -0.121. The Bertz CT molecular complexity index is 652. The van der Waals surface area contributed by atoms with Gasteiger partial charge in [-0.3, -0.25) is 4.79 Å². The van der Waals surface area contributed by atoms with Gasteiger partial charge in [0.1, 0.15) is 5.69 Å². The molecule has 0 saturated heterocycles. The van der Waals surface area contributed by atoms with E-state index in [-0.39, 0.29) is 11.9 Å². The molecule has 0 aliphatic heterocycles. The number of nitrogens with one attached hydrogen (secondary N) is 1. The summed E-state index contributed by atoms with van der Waals surface area (Å²) in [7, 11) is 0. The van der Waals surface area contributed by atoms with E-state index >= 15 is 0 Å². The number of aryl methyl sites for hydroxylation is 1. The van der Waals surface area contributed by atoms with Crippen LogP contribution in [-0.4, -0.2) is 23.5 Å². The molecule has 122 valence electrons. The molecular formula is C19H25N3O. The summed E-state index contributed by atoms with van der Waals surface area (Å²) in [6.07, 6.45) is 2.66. The Morgan fingerprint density at radius 2 is 2.00 bits per heavy atom. The number of nitrogens with zero attached hydrogens (tertiary/aromatic N) is 2. The molecule has 1 amide bonds. The van der Waals surface area contributed by atoms with Gasteiger partial charge >= 0.3 is 0 Å². The zero-order chi connectivity index (χ0) is 16.8. The minimum absolute atomic E-state index is 0.121. The van der Waals surface area contributed by atoms with Crippen molar-refractivity contribution in [1.82, 2.24) is 10.3 Å². The van der Waals surface area contributed by atoms with E-state index < -0.39 is 0 Å². The van der Waals surface area contributed by atoms with E-state index in [9.17, 15) is 4.79 Å². The number of anilines is 2. The predicted octanol–water partition coefficient (Wildman–Crippen LogP) is 4.08. The summed E-state index contributed by atoms with van der Waals surface area (Å²) in [6, 6.07) is 12.2. The largest absolute Gasteiger partial charge is 0.348 e. The summed E-state index contributed by atoms with van der Waals surface area (Å²) >= 11 is 0. The van der Waals surface area contributed by atoms with Gasteiger partial charge in [-0.1, -0.05) is 19.1 Å². The van der Waals surface area contributed by atoms with Crippen LogP contribution in [0.15, 0.2) is 42.6 Å². The van der Waals surface area contributed by atoms with Crippen LogP contribution in [0.25, 0.3) is 0 Å². The lowest BCUT2D eigenvalue weighted by Crippen LogP contribution is -2.32. The van der Waals surface area contributed by atoms with Gasteiger partial charge in [-0.15, -0.1) is 0 Å². The van der Waals surface area contributed by atoms with E-state index in [1.54, 1.807) is 12.3 Å². The maximum Gasteiger partial charge on any atom is 0.270 e. The van der Waals surface area contributed by atoms with E-state index in [1.165, 1.54) is 5.56 Å². The molecule has 4 nitrogen and oxygen atoms in total. The lowest BCUT2D eigenvalue weighted by atomic mass is 10.2. The van der Waals surface area contributed by atoms with Crippen molar-refractivity contribution < 1.29 is 4.79 Å². The number of benzene rings is 1. The first-order valence-electron chi connectivity index (χ1n) is 8.16. The second-order valence-corrected chi connectivity index (χ2v) is 5.77. The summed E-state index contributed by atoms with van der Waals surface area (Å²) in [5, 5.41) is 2.93. The van der Waals surface area contributed by atoms with Crippen LogP contribution in [0.1, 0.15) is 43.2 Å². The Hall–Kier alpha value is -2.36. The number of aromatic nitrogens is 1. The molecular weight excluding hydrogens is 286 g/mol. The third-order valence-corrected chi connectivity index (χ3v) is 3.91. The van der Waals surface area contributed by atoms with Crippen LogP contribution in [0.3, 0.4) is 0 Å². The fourth-order valence-corrected chi connectivity index (χ4v) is 2.39. The van der Waals surface area contributed by atoms with Crippen LogP contribution in [0.2, 0.25) is 0 Å². The number of amides is 1. The average Bonchev–Trinajstić information content (AvgIpc) is 2.56. The molecule has 0 aliphatic carbocycles. The quantitative estimate of drug-likeness (QED) is 0.874. The smallest absolute Gasteiger partial charge is 0.270 e. The maximum absolute atomic E-state index is 12.1. The zero-order valence-electron chi connectivity index (χ0n) is 14.3. The first kappa shape index (κ1) is 17.0. The number of pyridine rings is 1. The van der Waals surface area contributed by atoms with E-state index in [0.717, 1.165) is 24.3 Å². The number of carbonyl (C=O) groups is 1. The Balaban J connectivity index is 2.19. The molecule has 0 fully saturated rings. The molecule has 0 radical (unpaired) electrons. The van der Waals surface area contributed by atoms with Crippen molar-refractivity contribution in [3.05, 3.63) is 53.9 Å². The van der Waals surface area contributed by atoms with Crippen LogP contribution in [0.4, 0.5) is 11.4 Å². The van der Waals surface area contributed by atoms with Crippen molar-refractivity contribution in [2.24, 2.45) is 0 Å². The van der Waals surface area contributed by atoms with Gasteiger partial charge in [-0.05, 0) is 57.0 Å². The molecule has 1 N–H and O–H groups in total. The lowest BCUT2D eigenvalue weighted by molar-refractivity contribution is 0.0934. The fourth-order valence-electron chi connectivity index (χ4n) is 2.39. The van der Waals surface area contributed by atoms with Gasteiger partial charge in [0.2, 0.25) is 0 Å². The molecule has 0 saturated carbocycles. The van der Waals surface area contributed by atoms with Crippen molar-refractivity contribution in [3.8, 4) is 0 Å². The molecule has 0 aliphatic rings. The second-order valence-electron chi connectivity index (χ2n) is 5.77. The number of rotatable bonds is 6. The molecule has 1 unspecified atom stereocenters. The second kappa shape index (κ2) is 7.77. The highest BCUT2D eigenvalue weighted by Crippen LogP contribution is 2.25. The lowest BCUT2D eigenvalue weighted by Gasteiger charge is -2.23. The number of hydrogen-bond donors (Lipinski definition) is 1. The van der Waals surface area contributed by atoms with Crippen molar-refractivity contribution in [2.75, 3.05) is 11.4 Å². The third kappa shape index (κ3) is 4.31. The molecule has 4 heteroatoms. The van der Waals surface area contributed by atoms with Gasteiger partial charge in [0.05, 0.1) is 11.9 Å². The summed E-state index contributed by atoms with van der Waals surface area (Å²) in [5.41, 5.74) is 3.79. The van der Waals surface area contributed by atoms with Crippen molar-refractivity contribution in [2.45, 2.75) is 40.2 Å². The van der Waals surface area contributed by atoms with Crippen LogP contribution in [0.5, 0.6) is 0 Å². The maximum atomic E-state index is 12.1. The van der Waals surface area contributed by atoms with Gasteiger partial charge in [0.25, 0.3) is 5.91 Å². The minimum Gasteiger partial charge on any atom is -0.348 e. The van der Waals surface area contributed by atoms with Gasteiger partial charge in [0, 0.05) is 18.3 Å². The highest BCUT2D eigenvalue weighted by atomic mass is 16.1. The molecule has 23 heavy (non-hydrogen) atoms. The van der Waals surface area contributed by atoms with Crippen molar-refractivity contribution >= 4 is 17.3 Å². The van der Waals surface area contributed by atoms with Gasteiger partial charge in [-0.25, -0.2) is 4.98 Å². The molecule has 2 rings (SSSR count). The fraction of sp³-hybridized carbons (Fsp3) is 0.368. The SMILES string of the molecule is CCC(C)NC(=O)c1ccc(N(CC)c2cccc(C)c2)cn1. The Morgan fingerprint density at radius 3 is 2.57 bits per heavy atom. The van der Waals surface area contributed by atoms with Crippen LogP contribution >= 0.6 is 0 Å². The molecule has 1 aromatic carbocycles. The standard InChI is InChI=1S/C19H25N3O/c1-5-15(4)21-19(23)18-11-10-17(13-20-18)22(6-2)16-9-7-8-14(3)12-16/h7-13,15H,5-6H2,1-4H3,(H,21,23). The molecule has 0 bridgehead atoms. The normalized spacial score (nSPS) is 11.8. The molecule has 1 atom stereocenters. The Morgan fingerprint density at radius 1 is 1.22 bits per heavy atom. The van der Waals surface area contributed by atoms with Crippen LogP contribution in [0, 0.1) is 6.92 Å². The van der Waals surface area contributed by atoms with Crippen molar-refractivity contribution in [1.29, 1.82) is 0 Å². The minimum atomic E-state index is -0.121. The predicted molar refractivity (Wildman–Crippen MR) is 95.3 cm³/mol. The topological polar surface area (TPSA) is 45.2 Å². The highest BCUT2D eigenvalue weighted by Gasteiger charge is 2.12. The summed E-state index contributed by atoms with van der Waals surface area (Å²) in [4.78, 5) is 18.6. The molecule has 1 heterocycles.